The van der Waals surface area contributed by atoms with Crippen molar-refractivity contribution >= 4 is 35.0 Å². The van der Waals surface area contributed by atoms with E-state index in [1.54, 1.807) is 41.4 Å². The van der Waals surface area contributed by atoms with Gasteiger partial charge in [-0.2, -0.15) is 13.2 Å². The highest BCUT2D eigenvalue weighted by molar-refractivity contribution is 6.11. The van der Waals surface area contributed by atoms with E-state index < -0.39 is 30.2 Å². The van der Waals surface area contributed by atoms with Crippen molar-refractivity contribution in [2.24, 2.45) is 0 Å². The maximum Gasteiger partial charge on any atom is 0.405 e. The fraction of sp³-hybridized carbons (Fsp3) is 0.304. The number of nitrogens with zero attached hydrogens (tertiary/aromatic N) is 2. The molecule has 1 atom stereocenters. The Morgan fingerprint density at radius 3 is 2.56 bits per heavy atom. The number of halogens is 3. The lowest BCUT2D eigenvalue weighted by Crippen LogP contribution is -2.63. The lowest BCUT2D eigenvalue weighted by Gasteiger charge is -2.48. The predicted molar refractivity (Wildman–Crippen MR) is 116 cm³/mol. The molecule has 2 aliphatic heterocycles. The second kappa shape index (κ2) is 8.47. The van der Waals surface area contributed by atoms with Crippen molar-refractivity contribution in [2.75, 3.05) is 23.3 Å². The van der Waals surface area contributed by atoms with E-state index in [0.717, 1.165) is 0 Å². The topological polar surface area (TPSA) is 98.8 Å². The zero-order chi connectivity index (χ0) is 24.7. The molecule has 2 aliphatic rings. The van der Waals surface area contributed by atoms with Gasteiger partial charge < -0.3 is 15.5 Å². The van der Waals surface area contributed by atoms with E-state index in [4.69, 9.17) is 0 Å². The Kier molecular flexibility index (Phi) is 5.80. The number of anilines is 2. The maximum atomic E-state index is 13.2. The van der Waals surface area contributed by atoms with Gasteiger partial charge in [0.05, 0.1) is 11.3 Å². The zero-order valence-electron chi connectivity index (χ0n) is 18.1. The number of benzene rings is 2. The summed E-state index contributed by atoms with van der Waals surface area (Å²) >= 11 is 0. The van der Waals surface area contributed by atoms with Gasteiger partial charge in [0.15, 0.2) is 0 Å². The second-order valence-corrected chi connectivity index (χ2v) is 8.28. The number of amides is 4. The maximum absolute atomic E-state index is 13.2. The van der Waals surface area contributed by atoms with Gasteiger partial charge in [0, 0.05) is 17.7 Å². The number of nitrogens with one attached hydrogen (secondary N) is 2. The van der Waals surface area contributed by atoms with Gasteiger partial charge in [-0.25, -0.2) is 0 Å². The number of hydrogen-bond donors (Lipinski definition) is 2. The highest BCUT2D eigenvalue weighted by atomic mass is 19.4. The Bertz CT molecular complexity index is 1180. The van der Waals surface area contributed by atoms with Gasteiger partial charge in [0.1, 0.15) is 18.8 Å². The molecule has 178 valence electrons. The zero-order valence-corrected chi connectivity index (χ0v) is 18.1. The van der Waals surface area contributed by atoms with Gasteiger partial charge in [-0.3, -0.25) is 24.1 Å². The van der Waals surface area contributed by atoms with Crippen molar-refractivity contribution in [3.63, 3.8) is 0 Å². The molecule has 0 bridgehead atoms. The van der Waals surface area contributed by atoms with Crippen LogP contribution in [0.1, 0.15) is 40.5 Å². The van der Waals surface area contributed by atoms with Gasteiger partial charge in [-0.1, -0.05) is 18.2 Å². The average molecular weight is 474 g/mol. The average Bonchev–Trinajstić information content (AvgIpc) is 3.10. The molecule has 0 aliphatic carbocycles. The lowest BCUT2D eigenvalue weighted by atomic mass is 9.98. The van der Waals surface area contributed by atoms with Crippen LogP contribution in [0.5, 0.6) is 0 Å². The molecule has 1 saturated heterocycles. The molecule has 2 heterocycles. The number of rotatable bonds is 5. The third kappa shape index (κ3) is 4.33. The summed E-state index contributed by atoms with van der Waals surface area (Å²) in [5.41, 5.74) is -0.0826. The highest BCUT2D eigenvalue weighted by Gasteiger charge is 2.53. The summed E-state index contributed by atoms with van der Waals surface area (Å²) in [6.07, 6.45) is -3.97. The standard InChI is InChI=1S/C23H21F3N4O4/c1-22-10-9-19(32)30(22)17-8-3-2-7-16(17)21(34)29(22)12-18(31)28-15-6-4-5-14(11-15)20(33)27-13-23(24,25)26/h2-8,11H,9-10,12-13H2,1H3,(H,27,33)(H,28,31). The minimum Gasteiger partial charge on any atom is -0.343 e. The van der Waals surface area contributed by atoms with E-state index in [-0.39, 0.29) is 36.0 Å². The molecule has 0 spiro atoms. The first kappa shape index (κ1) is 23.3. The molecule has 4 rings (SSSR count). The van der Waals surface area contributed by atoms with E-state index >= 15 is 0 Å². The first-order valence-corrected chi connectivity index (χ1v) is 10.5. The van der Waals surface area contributed by atoms with Crippen LogP contribution in [0.3, 0.4) is 0 Å². The monoisotopic (exact) mass is 474 g/mol. The van der Waals surface area contributed by atoms with E-state index in [0.29, 0.717) is 17.7 Å². The molecular formula is C23H21F3N4O4. The molecule has 2 aromatic rings. The molecule has 34 heavy (non-hydrogen) atoms. The fourth-order valence-corrected chi connectivity index (χ4v) is 4.31. The molecule has 2 aromatic carbocycles. The molecule has 11 heteroatoms. The Balaban J connectivity index is 1.51. The minimum absolute atomic E-state index is 0.0652. The summed E-state index contributed by atoms with van der Waals surface area (Å²) in [6.45, 7) is -0.114. The van der Waals surface area contributed by atoms with Crippen molar-refractivity contribution < 1.29 is 32.3 Å². The number of para-hydroxylation sites is 1. The number of alkyl halides is 3. The van der Waals surface area contributed by atoms with Crippen LogP contribution in [0.15, 0.2) is 48.5 Å². The van der Waals surface area contributed by atoms with E-state index in [9.17, 15) is 32.3 Å². The summed E-state index contributed by atoms with van der Waals surface area (Å²) < 4.78 is 37.0. The molecule has 1 fully saturated rings. The first-order chi connectivity index (χ1) is 16.0. The largest absolute Gasteiger partial charge is 0.405 e. The van der Waals surface area contributed by atoms with Crippen LogP contribution in [0, 0.1) is 0 Å². The molecule has 2 N–H and O–H groups in total. The van der Waals surface area contributed by atoms with Crippen LogP contribution < -0.4 is 15.5 Å². The Morgan fingerprint density at radius 2 is 1.82 bits per heavy atom. The van der Waals surface area contributed by atoms with Crippen molar-refractivity contribution in [2.45, 2.75) is 31.6 Å². The first-order valence-electron chi connectivity index (χ1n) is 10.5. The van der Waals surface area contributed by atoms with Crippen molar-refractivity contribution in [3.8, 4) is 0 Å². The summed E-state index contributed by atoms with van der Waals surface area (Å²) in [4.78, 5) is 53.5. The summed E-state index contributed by atoms with van der Waals surface area (Å²) in [6, 6.07) is 12.1. The van der Waals surface area contributed by atoms with Crippen LogP contribution in [0.4, 0.5) is 24.5 Å². The summed E-state index contributed by atoms with van der Waals surface area (Å²) in [5.74, 6) is -2.06. The Labute approximate surface area is 192 Å². The molecule has 0 aromatic heterocycles. The van der Waals surface area contributed by atoms with Crippen LogP contribution in [0.2, 0.25) is 0 Å². The smallest absolute Gasteiger partial charge is 0.343 e. The molecule has 0 saturated carbocycles. The van der Waals surface area contributed by atoms with Crippen molar-refractivity contribution in [3.05, 3.63) is 59.7 Å². The van der Waals surface area contributed by atoms with E-state index in [2.05, 4.69) is 5.32 Å². The Morgan fingerprint density at radius 1 is 1.09 bits per heavy atom. The highest BCUT2D eigenvalue weighted by Crippen LogP contribution is 2.43. The van der Waals surface area contributed by atoms with Crippen molar-refractivity contribution in [1.82, 2.24) is 10.2 Å². The molecule has 0 radical (unpaired) electrons. The molecule has 4 amide bonds. The van der Waals surface area contributed by atoms with Crippen molar-refractivity contribution in [1.29, 1.82) is 0 Å². The Hall–Kier alpha value is -3.89. The van der Waals surface area contributed by atoms with E-state index in [1.165, 1.54) is 29.2 Å². The van der Waals surface area contributed by atoms with Crippen LogP contribution in [-0.4, -0.2) is 53.5 Å². The van der Waals surface area contributed by atoms with E-state index in [1.807, 2.05) is 0 Å². The van der Waals surface area contributed by atoms with Crippen LogP contribution in [0.25, 0.3) is 0 Å². The van der Waals surface area contributed by atoms with Gasteiger partial charge >= 0.3 is 6.18 Å². The minimum atomic E-state index is -4.55. The quantitative estimate of drug-likeness (QED) is 0.696. The SMILES string of the molecule is CC12CCC(=O)N1c1ccccc1C(=O)N2CC(=O)Nc1cccc(C(=O)NCC(F)(F)F)c1. The third-order valence-electron chi connectivity index (χ3n) is 5.91. The summed E-state index contributed by atoms with van der Waals surface area (Å²) in [7, 11) is 0. The number of carbonyl (C=O) groups excluding carboxylic acids is 4. The fourth-order valence-electron chi connectivity index (χ4n) is 4.31. The molecular weight excluding hydrogens is 453 g/mol. The number of fused-ring (bicyclic) bond motifs is 3. The van der Waals surface area contributed by atoms with Crippen LogP contribution in [-0.2, 0) is 9.59 Å². The summed E-state index contributed by atoms with van der Waals surface area (Å²) in [5, 5.41) is 4.34. The lowest BCUT2D eigenvalue weighted by molar-refractivity contribution is -0.123. The van der Waals surface area contributed by atoms with Gasteiger partial charge in [-0.15, -0.1) is 0 Å². The normalized spacial score (nSPS) is 19.5. The van der Waals surface area contributed by atoms with Gasteiger partial charge in [0.25, 0.3) is 11.8 Å². The van der Waals surface area contributed by atoms with Crippen LogP contribution >= 0.6 is 0 Å². The molecule has 8 nitrogen and oxygen atoms in total. The second-order valence-electron chi connectivity index (χ2n) is 8.28. The molecule has 1 unspecified atom stereocenters. The van der Waals surface area contributed by atoms with Gasteiger partial charge in [0.2, 0.25) is 11.8 Å². The third-order valence-corrected chi connectivity index (χ3v) is 5.91. The van der Waals surface area contributed by atoms with Gasteiger partial charge in [-0.05, 0) is 43.7 Å². The predicted octanol–water partition coefficient (Wildman–Crippen LogP) is 2.92. The number of carbonyl (C=O) groups is 4. The number of hydrogen-bond acceptors (Lipinski definition) is 4.